The van der Waals surface area contributed by atoms with Crippen LogP contribution >= 0.6 is 0 Å². The zero-order valence-electron chi connectivity index (χ0n) is 16.3. The van der Waals surface area contributed by atoms with E-state index in [9.17, 15) is 24.0 Å². The molecule has 0 radical (unpaired) electrons. The Hall–Kier alpha value is -4.25. The number of hydrogen-bond donors (Lipinski definition) is 2. The molecular weight excluding hydrogens is 398 g/mol. The van der Waals surface area contributed by atoms with E-state index in [0.717, 1.165) is 4.90 Å². The average Bonchev–Trinajstić information content (AvgIpc) is 3.02. The Bertz CT molecular complexity index is 1180. The van der Waals surface area contributed by atoms with Crippen molar-refractivity contribution < 1.29 is 24.0 Å². The van der Waals surface area contributed by atoms with Crippen molar-refractivity contribution >= 4 is 29.5 Å². The van der Waals surface area contributed by atoms with Crippen LogP contribution in [0.5, 0.6) is 0 Å². The van der Waals surface area contributed by atoms with Crippen LogP contribution in [0.2, 0.25) is 0 Å². The van der Waals surface area contributed by atoms with Gasteiger partial charge in [0.05, 0.1) is 17.7 Å². The molecule has 2 aromatic carbocycles. The highest BCUT2D eigenvalue weighted by Gasteiger charge is 2.44. The van der Waals surface area contributed by atoms with Crippen molar-refractivity contribution in [2.45, 2.75) is 18.9 Å². The zero-order chi connectivity index (χ0) is 22.0. The first kappa shape index (κ1) is 20.0. The van der Waals surface area contributed by atoms with Gasteiger partial charge >= 0.3 is 0 Å². The monoisotopic (exact) mass is 415 g/mol. The van der Waals surface area contributed by atoms with Gasteiger partial charge in [-0.05, 0) is 36.8 Å². The summed E-state index contributed by atoms with van der Waals surface area (Å²) in [4.78, 5) is 61.8. The summed E-state index contributed by atoms with van der Waals surface area (Å²) in [5, 5.41) is 4.84. The van der Waals surface area contributed by atoms with Crippen LogP contribution in [0.1, 0.15) is 49.5 Å². The van der Waals surface area contributed by atoms with E-state index in [1.54, 1.807) is 30.3 Å². The molecule has 2 aliphatic rings. The topological polar surface area (TPSA) is 113 Å². The fraction of sp³-hybridized carbons (Fsp3) is 0.174. The highest BCUT2D eigenvalue weighted by atomic mass is 16.2. The van der Waals surface area contributed by atoms with E-state index in [0.29, 0.717) is 11.1 Å². The molecule has 0 bridgehead atoms. The van der Waals surface area contributed by atoms with Crippen LogP contribution in [0.15, 0.2) is 48.5 Å². The molecule has 2 aliphatic heterocycles. The molecule has 31 heavy (non-hydrogen) atoms. The molecule has 1 fully saturated rings. The number of carbonyl (C=O) groups is 5. The van der Waals surface area contributed by atoms with E-state index in [-0.39, 0.29) is 36.4 Å². The minimum Gasteiger partial charge on any atom is -0.341 e. The number of imide groups is 2. The molecule has 1 saturated heterocycles. The van der Waals surface area contributed by atoms with Crippen molar-refractivity contribution in [3.8, 4) is 11.8 Å². The normalized spacial score (nSPS) is 17.5. The molecule has 0 spiro atoms. The number of nitrogens with zero attached hydrogens (tertiary/aromatic N) is 1. The van der Waals surface area contributed by atoms with Crippen molar-refractivity contribution in [3.05, 3.63) is 70.8 Å². The van der Waals surface area contributed by atoms with E-state index in [2.05, 4.69) is 22.5 Å². The van der Waals surface area contributed by atoms with Crippen LogP contribution in [0.25, 0.3) is 0 Å². The van der Waals surface area contributed by atoms with Crippen LogP contribution < -0.4 is 10.6 Å². The lowest BCUT2D eigenvalue weighted by atomic mass is 10.0. The Morgan fingerprint density at radius 2 is 1.77 bits per heavy atom. The van der Waals surface area contributed by atoms with Crippen LogP contribution in [0, 0.1) is 11.8 Å². The maximum atomic E-state index is 12.8. The maximum absolute atomic E-state index is 12.8. The predicted octanol–water partition coefficient (Wildman–Crippen LogP) is 0.869. The summed E-state index contributed by atoms with van der Waals surface area (Å²) in [7, 11) is 0. The lowest BCUT2D eigenvalue weighted by Crippen LogP contribution is -2.54. The average molecular weight is 415 g/mol. The third-order valence-electron chi connectivity index (χ3n) is 5.05. The Morgan fingerprint density at radius 3 is 2.52 bits per heavy atom. The van der Waals surface area contributed by atoms with Crippen molar-refractivity contribution in [3.63, 3.8) is 0 Å². The summed E-state index contributed by atoms with van der Waals surface area (Å²) in [6.45, 7) is 0.111. The van der Waals surface area contributed by atoms with Gasteiger partial charge < -0.3 is 5.32 Å². The van der Waals surface area contributed by atoms with Gasteiger partial charge in [-0.25, -0.2) is 0 Å². The summed E-state index contributed by atoms with van der Waals surface area (Å²) in [5.41, 5.74) is 1.38. The first-order chi connectivity index (χ1) is 15.0. The largest absolute Gasteiger partial charge is 0.341 e. The van der Waals surface area contributed by atoms with Gasteiger partial charge in [0.1, 0.15) is 6.04 Å². The molecule has 0 saturated carbocycles. The van der Waals surface area contributed by atoms with E-state index >= 15 is 0 Å². The molecule has 5 amide bonds. The van der Waals surface area contributed by atoms with Crippen molar-refractivity contribution in [2.24, 2.45) is 0 Å². The Balaban J connectivity index is 1.45. The van der Waals surface area contributed by atoms with E-state index in [4.69, 9.17) is 0 Å². The number of rotatable bonds is 3. The smallest absolute Gasteiger partial charge is 0.262 e. The van der Waals surface area contributed by atoms with Crippen LogP contribution in [0.4, 0.5) is 0 Å². The molecule has 8 nitrogen and oxygen atoms in total. The molecular formula is C23H17N3O5. The maximum Gasteiger partial charge on any atom is 0.262 e. The van der Waals surface area contributed by atoms with E-state index < -0.39 is 29.7 Å². The summed E-state index contributed by atoms with van der Waals surface area (Å²) >= 11 is 0. The summed E-state index contributed by atoms with van der Waals surface area (Å²) in [6.07, 6.45) is 0.166. The first-order valence-electron chi connectivity index (χ1n) is 9.63. The number of fused-ring (bicyclic) bond motifs is 1. The third kappa shape index (κ3) is 3.94. The highest BCUT2D eigenvalue weighted by Crippen LogP contribution is 2.28. The van der Waals surface area contributed by atoms with Crippen molar-refractivity contribution in [1.82, 2.24) is 15.5 Å². The molecule has 2 N–H and O–H groups in total. The van der Waals surface area contributed by atoms with Gasteiger partial charge in [-0.2, -0.15) is 0 Å². The van der Waals surface area contributed by atoms with Gasteiger partial charge in [0.2, 0.25) is 11.8 Å². The van der Waals surface area contributed by atoms with Crippen LogP contribution in [-0.4, -0.2) is 47.0 Å². The molecule has 0 aliphatic carbocycles. The lowest BCUT2D eigenvalue weighted by Gasteiger charge is -2.27. The molecule has 2 heterocycles. The number of amides is 5. The number of benzene rings is 2. The van der Waals surface area contributed by atoms with Gasteiger partial charge in [-0.3, -0.25) is 34.2 Å². The zero-order valence-corrected chi connectivity index (χ0v) is 16.3. The number of hydrogen-bond acceptors (Lipinski definition) is 5. The standard InChI is InChI=1S/C23H17N3O5/c27-19-11-10-18(21(29)25-19)26-22(30)16-9-8-14(13-17(16)23(26)31)5-4-12-24-20(28)15-6-2-1-3-7-15/h1-3,6-9,13,18H,10-12H2,(H,24,28)(H,25,27,29). The number of piperidine rings is 1. The van der Waals surface area contributed by atoms with Crippen LogP contribution in [0.3, 0.4) is 0 Å². The van der Waals surface area contributed by atoms with Gasteiger partial charge in [0.15, 0.2) is 0 Å². The number of nitrogens with one attached hydrogen (secondary N) is 2. The van der Waals surface area contributed by atoms with Gasteiger partial charge in [0.25, 0.3) is 17.7 Å². The molecule has 154 valence electrons. The first-order valence-corrected chi connectivity index (χ1v) is 9.63. The quantitative estimate of drug-likeness (QED) is 0.571. The minimum absolute atomic E-state index is 0.0647. The minimum atomic E-state index is -1.01. The highest BCUT2D eigenvalue weighted by molar-refractivity contribution is 6.23. The van der Waals surface area contributed by atoms with E-state index in [1.807, 2.05) is 6.07 Å². The number of carbonyl (C=O) groups excluding carboxylic acids is 5. The Morgan fingerprint density at radius 1 is 1.03 bits per heavy atom. The molecule has 4 rings (SSSR count). The van der Waals surface area contributed by atoms with Crippen LogP contribution in [-0.2, 0) is 9.59 Å². The molecule has 1 unspecified atom stereocenters. The SMILES string of the molecule is O=C1CCC(N2C(=O)c3ccc(C#CCNC(=O)c4ccccc4)cc3C2=O)C(=O)N1. The Labute approximate surface area is 177 Å². The summed E-state index contributed by atoms with van der Waals surface area (Å²) in [6, 6.07) is 12.3. The lowest BCUT2D eigenvalue weighted by molar-refractivity contribution is -0.136. The van der Waals surface area contributed by atoms with E-state index in [1.165, 1.54) is 12.1 Å². The molecule has 1 atom stereocenters. The second kappa shape index (κ2) is 8.24. The third-order valence-corrected chi connectivity index (χ3v) is 5.05. The second-order valence-electron chi connectivity index (χ2n) is 7.06. The van der Waals surface area contributed by atoms with Gasteiger partial charge in [-0.15, -0.1) is 0 Å². The van der Waals surface area contributed by atoms with Crippen molar-refractivity contribution in [1.29, 1.82) is 0 Å². The van der Waals surface area contributed by atoms with Crippen molar-refractivity contribution in [2.75, 3.05) is 6.54 Å². The fourth-order valence-corrected chi connectivity index (χ4v) is 3.51. The second-order valence-corrected chi connectivity index (χ2v) is 7.06. The van der Waals surface area contributed by atoms with Gasteiger partial charge in [-0.1, -0.05) is 30.0 Å². The fourth-order valence-electron chi connectivity index (χ4n) is 3.51. The Kier molecular flexibility index (Phi) is 5.33. The molecule has 8 heteroatoms. The molecule has 2 aromatic rings. The van der Waals surface area contributed by atoms with Gasteiger partial charge in [0, 0.05) is 17.5 Å². The predicted molar refractivity (Wildman–Crippen MR) is 109 cm³/mol. The summed E-state index contributed by atoms with van der Waals surface area (Å²) < 4.78 is 0. The molecule has 0 aromatic heterocycles. The summed E-state index contributed by atoms with van der Waals surface area (Å²) in [5.74, 6) is 3.19.